The number of nitrogens with one attached hydrogen (secondary N) is 1. The second-order valence-corrected chi connectivity index (χ2v) is 4.92. The molecule has 4 nitrogen and oxygen atoms in total. The summed E-state index contributed by atoms with van der Waals surface area (Å²) in [6.07, 6.45) is 0. The van der Waals surface area contributed by atoms with Crippen molar-refractivity contribution >= 4 is 11.0 Å². The number of aromatic nitrogens is 2. The van der Waals surface area contributed by atoms with Gasteiger partial charge in [-0.25, -0.2) is 4.98 Å². The van der Waals surface area contributed by atoms with Gasteiger partial charge < -0.3 is 15.0 Å². The van der Waals surface area contributed by atoms with E-state index in [4.69, 9.17) is 5.11 Å². The third kappa shape index (κ3) is 2.89. The van der Waals surface area contributed by atoms with Crippen molar-refractivity contribution in [1.82, 2.24) is 14.9 Å². The van der Waals surface area contributed by atoms with E-state index in [-0.39, 0.29) is 6.61 Å². The van der Waals surface area contributed by atoms with Crippen LogP contribution in [0.3, 0.4) is 0 Å². The first kappa shape index (κ1) is 13.1. The van der Waals surface area contributed by atoms with E-state index in [0.717, 1.165) is 29.9 Å². The van der Waals surface area contributed by atoms with Gasteiger partial charge in [0, 0.05) is 6.54 Å². The average Bonchev–Trinajstić information content (AvgIpc) is 2.68. The lowest BCUT2D eigenvalue weighted by atomic mass is 10.2. The Morgan fingerprint density at radius 1 is 1.33 bits per heavy atom. The summed E-state index contributed by atoms with van der Waals surface area (Å²) in [5.41, 5.74) is 2.08. The number of imidazole rings is 1. The molecule has 0 atom stereocenters. The van der Waals surface area contributed by atoms with E-state index in [9.17, 15) is 0 Å². The molecule has 18 heavy (non-hydrogen) atoms. The maximum absolute atomic E-state index is 9.17. The van der Waals surface area contributed by atoms with Crippen LogP contribution in [0.2, 0.25) is 0 Å². The van der Waals surface area contributed by atoms with Gasteiger partial charge in [-0.3, -0.25) is 0 Å². The van der Waals surface area contributed by atoms with Crippen molar-refractivity contribution in [1.29, 1.82) is 0 Å². The van der Waals surface area contributed by atoms with E-state index < -0.39 is 0 Å². The number of hydrogen-bond acceptors (Lipinski definition) is 3. The Kier molecular flexibility index (Phi) is 4.33. The average molecular weight is 247 g/mol. The Morgan fingerprint density at radius 3 is 2.83 bits per heavy atom. The lowest BCUT2D eigenvalue weighted by molar-refractivity contribution is 0.275. The van der Waals surface area contributed by atoms with Crippen molar-refractivity contribution in [2.24, 2.45) is 5.92 Å². The number of para-hydroxylation sites is 2. The number of rotatable bonds is 6. The molecule has 0 bridgehead atoms. The molecular formula is C14H21N3O. The second-order valence-electron chi connectivity index (χ2n) is 4.92. The SMILES string of the molecule is CC(C)CNCc1nc2ccccc2n1CCO. The Labute approximate surface area is 108 Å². The monoisotopic (exact) mass is 247 g/mol. The van der Waals surface area contributed by atoms with E-state index in [1.165, 1.54) is 0 Å². The van der Waals surface area contributed by atoms with Crippen LogP contribution in [0.15, 0.2) is 24.3 Å². The van der Waals surface area contributed by atoms with E-state index in [1.54, 1.807) is 0 Å². The highest BCUT2D eigenvalue weighted by Crippen LogP contribution is 2.15. The molecule has 0 radical (unpaired) electrons. The summed E-state index contributed by atoms with van der Waals surface area (Å²) >= 11 is 0. The van der Waals surface area contributed by atoms with Gasteiger partial charge >= 0.3 is 0 Å². The van der Waals surface area contributed by atoms with Crippen molar-refractivity contribution in [2.75, 3.05) is 13.2 Å². The molecule has 0 aliphatic carbocycles. The van der Waals surface area contributed by atoms with Crippen LogP contribution in [-0.4, -0.2) is 27.8 Å². The molecule has 2 rings (SSSR count). The van der Waals surface area contributed by atoms with Gasteiger partial charge in [0.1, 0.15) is 5.82 Å². The largest absolute Gasteiger partial charge is 0.395 e. The zero-order valence-electron chi connectivity index (χ0n) is 11.1. The van der Waals surface area contributed by atoms with Crippen LogP contribution in [0.1, 0.15) is 19.7 Å². The van der Waals surface area contributed by atoms with Gasteiger partial charge in [-0.15, -0.1) is 0 Å². The molecule has 4 heteroatoms. The first-order chi connectivity index (χ1) is 8.72. The molecule has 0 unspecified atom stereocenters. The first-order valence-electron chi connectivity index (χ1n) is 6.48. The molecule has 2 N–H and O–H groups in total. The number of benzene rings is 1. The molecule has 0 aliphatic rings. The van der Waals surface area contributed by atoms with Crippen LogP contribution in [0, 0.1) is 5.92 Å². The molecule has 0 saturated carbocycles. The van der Waals surface area contributed by atoms with E-state index in [2.05, 4.69) is 28.7 Å². The fourth-order valence-electron chi connectivity index (χ4n) is 2.08. The Bertz CT molecular complexity index is 505. The molecule has 0 saturated heterocycles. The first-order valence-corrected chi connectivity index (χ1v) is 6.48. The van der Waals surface area contributed by atoms with Crippen LogP contribution in [0.25, 0.3) is 11.0 Å². The predicted molar refractivity (Wildman–Crippen MR) is 73.4 cm³/mol. The predicted octanol–water partition coefficient (Wildman–Crippen LogP) is 1.77. The molecule has 0 fully saturated rings. The highest BCUT2D eigenvalue weighted by Gasteiger charge is 2.09. The summed E-state index contributed by atoms with van der Waals surface area (Å²) < 4.78 is 2.09. The number of nitrogens with zero attached hydrogens (tertiary/aromatic N) is 2. The lowest BCUT2D eigenvalue weighted by Gasteiger charge is -2.09. The van der Waals surface area contributed by atoms with Crippen molar-refractivity contribution in [3.63, 3.8) is 0 Å². The van der Waals surface area contributed by atoms with Crippen molar-refractivity contribution in [3.05, 3.63) is 30.1 Å². The highest BCUT2D eigenvalue weighted by atomic mass is 16.3. The van der Waals surface area contributed by atoms with E-state index >= 15 is 0 Å². The number of fused-ring (bicyclic) bond motifs is 1. The molecule has 0 aliphatic heterocycles. The third-order valence-corrected chi connectivity index (χ3v) is 2.89. The van der Waals surface area contributed by atoms with Crippen LogP contribution in [-0.2, 0) is 13.1 Å². The van der Waals surface area contributed by atoms with Gasteiger partial charge in [0.25, 0.3) is 0 Å². The van der Waals surface area contributed by atoms with Crippen LogP contribution in [0.4, 0.5) is 0 Å². The fraction of sp³-hybridized carbons (Fsp3) is 0.500. The Hall–Kier alpha value is -1.39. The number of aliphatic hydroxyl groups excluding tert-OH is 1. The van der Waals surface area contributed by atoms with Crippen molar-refractivity contribution in [2.45, 2.75) is 26.9 Å². The Morgan fingerprint density at radius 2 is 2.11 bits per heavy atom. The minimum atomic E-state index is 0.136. The minimum absolute atomic E-state index is 0.136. The molecule has 1 heterocycles. The Balaban J connectivity index is 2.22. The van der Waals surface area contributed by atoms with Gasteiger partial charge in [-0.05, 0) is 24.6 Å². The summed E-state index contributed by atoms with van der Waals surface area (Å²) in [6, 6.07) is 8.05. The van der Waals surface area contributed by atoms with Gasteiger partial charge in [0.05, 0.1) is 24.2 Å². The normalized spacial score (nSPS) is 11.6. The van der Waals surface area contributed by atoms with Gasteiger partial charge in [0.15, 0.2) is 0 Å². The van der Waals surface area contributed by atoms with Gasteiger partial charge in [0.2, 0.25) is 0 Å². The highest BCUT2D eigenvalue weighted by molar-refractivity contribution is 5.75. The maximum atomic E-state index is 9.17. The zero-order valence-corrected chi connectivity index (χ0v) is 11.1. The molecule has 0 amide bonds. The quantitative estimate of drug-likeness (QED) is 0.818. The molecular weight excluding hydrogens is 226 g/mol. The molecule has 1 aromatic carbocycles. The topological polar surface area (TPSA) is 50.1 Å². The smallest absolute Gasteiger partial charge is 0.123 e. The second kappa shape index (κ2) is 5.98. The lowest BCUT2D eigenvalue weighted by Crippen LogP contribution is -2.22. The van der Waals surface area contributed by atoms with Crippen molar-refractivity contribution in [3.8, 4) is 0 Å². The number of aliphatic hydroxyl groups is 1. The number of hydrogen-bond donors (Lipinski definition) is 2. The van der Waals surface area contributed by atoms with Crippen LogP contribution >= 0.6 is 0 Å². The molecule has 2 aromatic rings. The molecule has 0 spiro atoms. The summed E-state index contributed by atoms with van der Waals surface area (Å²) in [5.74, 6) is 1.62. The maximum Gasteiger partial charge on any atom is 0.123 e. The van der Waals surface area contributed by atoms with E-state index in [0.29, 0.717) is 12.5 Å². The van der Waals surface area contributed by atoms with Crippen LogP contribution < -0.4 is 5.32 Å². The minimum Gasteiger partial charge on any atom is -0.395 e. The van der Waals surface area contributed by atoms with E-state index in [1.807, 2.05) is 24.3 Å². The fourth-order valence-corrected chi connectivity index (χ4v) is 2.08. The van der Waals surface area contributed by atoms with Crippen molar-refractivity contribution < 1.29 is 5.11 Å². The third-order valence-electron chi connectivity index (χ3n) is 2.89. The summed E-state index contributed by atoms with van der Waals surface area (Å²) in [6.45, 7) is 6.82. The zero-order chi connectivity index (χ0) is 13.0. The summed E-state index contributed by atoms with van der Waals surface area (Å²) in [5, 5.41) is 12.6. The van der Waals surface area contributed by atoms with Crippen LogP contribution in [0.5, 0.6) is 0 Å². The standard InChI is InChI=1S/C14H21N3O/c1-11(2)9-15-10-14-16-12-5-3-4-6-13(12)17(14)7-8-18/h3-6,11,15,18H,7-10H2,1-2H3. The molecule has 98 valence electrons. The van der Waals surface area contributed by atoms with Gasteiger partial charge in [-0.1, -0.05) is 26.0 Å². The summed E-state index contributed by atoms with van der Waals surface area (Å²) in [7, 11) is 0. The molecule has 1 aromatic heterocycles. The van der Waals surface area contributed by atoms with Gasteiger partial charge in [-0.2, -0.15) is 0 Å². The summed E-state index contributed by atoms with van der Waals surface area (Å²) in [4.78, 5) is 4.62.